The second kappa shape index (κ2) is 6.47. The maximum atomic E-state index is 13.5. The lowest BCUT2D eigenvalue weighted by molar-refractivity contribution is -0.130. The molecule has 0 saturated carbocycles. The lowest BCUT2D eigenvalue weighted by Gasteiger charge is -2.09. The largest absolute Gasteiger partial charge is 0.478 e. The van der Waals surface area contributed by atoms with Gasteiger partial charge in [0.15, 0.2) is 23.3 Å². The summed E-state index contributed by atoms with van der Waals surface area (Å²) in [6.07, 6.45) is 0.649. The summed E-state index contributed by atoms with van der Waals surface area (Å²) in [4.78, 5) is 11.2. The van der Waals surface area contributed by atoms with Gasteiger partial charge in [0, 0.05) is 6.20 Å². The van der Waals surface area contributed by atoms with E-state index in [2.05, 4.69) is 0 Å². The van der Waals surface area contributed by atoms with Gasteiger partial charge < -0.3 is 10.4 Å². The molecule has 0 aliphatic heterocycles. The highest BCUT2D eigenvalue weighted by Gasteiger charge is 2.25. The van der Waals surface area contributed by atoms with Crippen LogP contribution in [0, 0.1) is 29.1 Å². The van der Waals surface area contributed by atoms with Crippen LogP contribution in [0.4, 0.5) is 27.6 Å². The molecule has 2 aromatic rings. The molecule has 0 fully saturated rings. The molecule has 0 aromatic heterocycles. The molecule has 0 atom stereocenters. The molecule has 0 unspecified atom stereocenters. The van der Waals surface area contributed by atoms with Crippen molar-refractivity contribution >= 4 is 17.2 Å². The molecule has 2 aromatic carbocycles. The van der Waals surface area contributed by atoms with Crippen molar-refractivity contribution in [2.75, 3.05) is 5.32 Å². The lowest BCUT2D eigenvalue weighted by Crippen LogP contribution is -2.08. The van der Waals surface area contributed by atoms with Crippen molar-refractivity contribution in [3.8, 4) is 0 Å². The van der Waals surface area contributed by atoms with E-state index in [0.717, 1.165) is 0 Å². The molecular formula is C15H8F5NO2. The van der Waals surface area contributed by atoms with Crippen LogP contribution in [0.15, 0.2) is 36.5 Å². The molecule has 120 valence electrons. The third-order valence-corrected chi connectivity index (χ3v) is 2.89. The van der Waals surface area contributed by atoms with E-state index in [4.69, 9.17) is 5.11 Å². The Hall–Kier alpha value is -2.90. The van der Waals surface area contributed by atoms with E-state index in [1.165, 1.54) is 24.3 Å². The van der Waals surface area contributed by atoms with Gasteiger partial charge in [-0.25, -0.2) is 26.7 Å². The number of benzene rings is 2. The smallest absolute Gasteiger partial charge is 0.337 e. The number of carbonyl (C=O) groups is 1. The Morgan fingerprint density at radius 1 is 0.870 bits per heavy atom. The first-order valence-corrected chi connectivity index (χ1v) is 6.11. The van der Waals surface area contributed by atoms with Crippen LogP contribution in [-0.2, 0) is 4.79 Å². The zero-order valence-corrected chi connectivity index (χ0v) is 11.2. The summed E-state index contributed by atoms with van der Waals surface area (Å²) >= 11 is 0. The number of carboxylic acids is 1. The zero-order chi connectivity index (χ0) is 17.1. The van der Waals surface area contributed by atoms with Gasteiger partial charge in [0.25, 0.3) is 0 Å². The first-order chi connectivity index (χ1) is 10.8. The average molecular weight is 329 g/mol. The van der Waals surface area contributed by atoms with Gasteiger partial charge in [-0.2, -0.15) is 0 Å². The van der Waals surface area contributed by atoms with Gasteiger partial charge in [-0.3, -0.25) is 0 Å². The van der Waals surface area contributed by atoms with E-state index < -0.39 is 46.3 Å². The van der Waals surface area contributed by atoms with E-state index in [-0.39, 0.29) is 5.56 Å². The molecule has 0 bridgehead atoms. The fraction of sp³-hybridized carbons (Fsp3) is 0. The number of rotatable bonds is 4. The Bertz CT molecular complexity index is 761. The minimum Gasteiger partial charge on any atom is -0.478 e. The van der Waals surface area contributed by atoms with Crippen LogP contribution in [0.5, 0.6) is 0 Å². The average Bonchev–Trinajstić information content (AvgIpc) is 2.55. The number of hydrogen-bond acceptors (Lipinski definition) is 2. The van der Waals surface area contributed by atoms with E-state index >= 15 is 0 Å². The van der Waals surface area contributed by atoms with Gasteiger partial charge in [-0.05, 0) is 5.56 Å². The van der Waals surface area contributed by atoms with Crippen LogP contribution in [0.2, 0.25) is 0 Å². The van der Waals surface area contributed by atoms with E-state index in [1.807, 2.05) is 5.32 Å². The van der Waals surface area contributed by atoms with Crippen molar-refractivity contribution in [3.05, 3.63) is 71.2 Å². The molecule has 0 aliphatic carbocycles. The fourth-order valence-electron chi connectivity index (χ4n) is 1.76. The fourth-order valence-corrected chi connectivity index (χ4v) is 1.76. The van der Waals surface area contributed by atoms with Crippen LogP contribution in [0.25, 0.3) is 5.57 Å². The van der Waals surface area contributed by atoms with Gasteiger partial charge in [0.2, 0.25) is 5.82 Å². The standard InChI is InChI=1S/C15H8F5NO2/c16-9-10(17)12(19)14(13(20)11(9)18)21-6-8(15(22)23)7-4-2-1-3-5-7/h1-6,21H,(H,22,23)/b8-6-. The molecule has 0 heterocycles. The number of anilines is 1. The minimum atomic E-state index is -2.30. The lowest BCUT2D eigenvalue weighted by atomic mass is 10.1. The molecule has 0 amide bonds. The number of aliphatic carboxylic acids is 1. The maximum Gasteiger partial charge on any atom is 0.337 e. The topological polar surface area (TPSA) is 49.3 Å². The SMILES string of the molecule is O=C(O)/C(=C\Nc1c(F)c(F)c(F)c(F)c1F)c1ccccc1. The van der Waals surface area contributed by atoms with E-state index in [9.17, 15) is 26.7 Å². The summed E-state index contributed by atoms with van der Waals surface area (Å²) in [6, 6.07) is 7.45. The summed E-state index contributed by atoms with van der Waals surface area (Å²) in [6.45, 7) is 0. The van der Waals surface area contributed by atoms with Crippen LogP contribution < -0.4 is 5.32 Å². The van der Waals surface area contributed by atoms with Gasteiger partial charge >= 0.3 is 5.97 Å². The number of halogens is 5. The molecule has 2 N–H and O–H groups in total. The van der Waals surface area contributed by atoms with Crippen molar-refractivity contribution in [2.24, 2.45) is 0 Å². The second-order valence-corrected chi connectivity index (χ2v) is 4.32. The molecule has 0 spiro atoms. The third-order valence-electron chi connectivity index (χ3n) is 2.89. The van der Waals surface area contributed by atoms with Crippen molar-refractivity contribution in [1.82, 2.24) is 0 Å². The highest BCUT2D eigenvalue weighted by Crippen LogP contribution is 2.27. The molecule has 0 radical (unpaired) electrons. The van der Waals surface area contributed by atoms with E-state index in [0.29, 0.717) is 6.20 Å². The van der Waals surface area contributed by atoms with Crippen LogP contribution in [0.1, 0.15) is 5.56 Å². The normalized spacial score (nSPS) is 11.4. The summed E-state index contributed by atoms with van der Waals surface area (Å²) in [5.41, 5.74) is -1.58. The predicted molar refractivity (Wildman–Crippen MR) is 71.9 cm³/mol. The first kappa shape index (κ1) is 16.5. The molecule has 23 heavy (non-hydrogen) atoms. The van der Waals surface area contributed by atoms with Crippen molar-refractivity contribution in [1.29, 1.82) is 0 Å². The van der Waals surface area contributed by atoms with Gasteiger partial charge in [-0.1, -0.05) is 30.3 Å². The summed E-state index contributed by atoms with van der Waals surface area (Å²) < 4.78 is 66.1. The Labute approximate surface area is 126 Å². The monoisotopic (exact) mass is 329 g/mol. The second-order valence-electron chi connectivity index (χ2n) is 4.32. The number of nitrogens with one attached hydrogen (secondary N) is 1. The molecule has 3 nitrogen and oxygen atoms in total. The molecule has 0 aliphatic rings. The van der Waals surface area contributed by atoms with Crippen LogP contribution >= 0.6 is 0 Å². The molecule has 2 rings (SSSR count). The first-order valence-electron chi connectivity index (χ1n) is 6.11. The van der Waals surface area contributed by atoms with Crippen molar-refractivity contribution in [3.63, 3.8) is 0 Å². The Morgan fingerprint density at radius 2 is 1.35 bits per heavy atom. The number of carboxylic acid groups (broad SMARTS) is 1. The quantitative estimate of drug-likeness (QED) is 0.387. The van der Waals surface area contributed by atoms with Crippen LogP contribution in [0.3, 0.4) is 0 Å². The summed E-state index contributed by atoms with van der Waals surface area (Å²) in [5.74, 6) is -12.2. The highest BCUT2D eigenvalue weighted by molar-refractivity contribution is 6.15. The summed E-state index contributed by atoms with van der Waals surface area (Å²) in [5, 5.41) is 10.9. The Morgan fingerprint density at radius 3 is 1.83 bits per heavy atom. The highest BCUT2D eigenvalue weighted by atomic mass is 19.2. The van der Waals surface area contributed by atoms with Gasteiger partial charge in [-0.15, -0.1) is 0 Å². The van der Waals surface area contributed by atoms with Crippen molar-refractivity contribution < 1.29 is 31.9 Å². The molecular weight excluding hydrogens is 321 g/mol. The van der Waals surface area contributed by atoms with E-state index in [1.54, 1.807) is 6.07 Å². The molecule has 8 heteroatoms. The third kappa shape index (κ3) is 3.15. The maximum absolute atomic E-state index is 13.5. The minimum absolute atomic E-state index is 0.177. The van der Waals surface area contributed by atoms with Crippen molar-refractivity contribution in [2.45, 2.75) is 0 Å². The van der Waals surface area contributed by atoms with Crippen LogP contribution in [-0.4, -0.2) is 11.1 Å². The number of hydrogen-bond donors (Lipinski definition) is 2. The Kier molecular flexibility index (Phi) is 4.63. The van der Waals surface area contributed by atoms with Gasteiger partial charge in [0.05, 0.1) is 5.57 Å². The summed E-state index contributed by atoms with van der Waals surface area (Å²) in [7, 11) is 0. The molecule has 0 saturated heterocycles. The predicted octanol–water partition coefficient (Wildman–Crippen LogP) is 3.92. The van der Waals surface area contributed by atoms with Gasteiger partial charge in [0.1, 0.15) is 5.69 Å². The Balaban J connectivity index is 2.48. The zero-order valence-electron chi connectivity index (χ0n) is 11.2.